The van der Waals surface area contributed by atoms with E-state index in [2.05, 4.69) is 4.98 Å². The highest BCUT2D eigenvalue weighted by Crippen LogP contribution is 2.26. The zero-order chi connectivity index (χ0) is 13.7. The lowest BCUT2D eigenvalue weighted by atomic mass is 10.2. The molecule has 0 fully saturated rings. The summed E-state index contributed by atoms with van der Waals surface area (Å²) in [6.07, 6.45) is 0. The first-order valence-electron chi connectivity index (χ1n) is 6.30. The molecule has 1 heterocycles. The number of aromatic nitrogens is 1. The van der Waals surface area contributed by atoms with E-state index in [1.54, 1.807) is 0 Å². The van der Waals surface area contributed by atoms with Gasteiger partial charge in [0.05, 0.1) is 6.61 Å². The second-order valence-electron chi connectivity index (χ2n) is 4.13. The highest BCUT2D eigenvalue weighted by atomic mass is 16.5. The minimum Gasteiger partial charge on any atom is -0.494 e. The van der Waals surface area contributed by atoms with Gasteiger partial charge >= 0.3 is 0 Å². The van der Waals surface area contributed by atoms with E-state index in [0.717, 1.165) is 17.0 Å². The number of ether oxygens (including phenoxy) is 2. The number of nitrogens with zero attached hydrogens (tertiary/aromatic N) is 1. The fraction of sp³-hybridized carbons (Fsp3) is 0.267. The molecule has 0 aliphatic rings. The van der Waals surface area contributed by atoms with Crippen molar-refractivity contribution in [2.75, 3.05) is 6.61 Å². The van der Waals surface area contributed by atoms with E-state index in [0.29, 0.717) is 24.8 Å². The summed E-state index contributed by atoms with van der Waals surface area (Å²) in [5.74, 6) is 2.02. The van der Waals surface area contributed by atoms with Crippen LogP contribution < -0.4 is 15.2 Å². The van der Waals surface area contributed by atoms with Crippen LogP contribution in [0.5, 0.6) is 17.4 Å². The Bertz CT molecular complexity index is 556. The SMILES string of the molecule is CCOc1cccc(Oc2nc(C)ccc2CN)c1. The van der Waals surface area contributed by atoms with Crippen molar-refractivity contribution in [3.63, 3.8) is 0 Å². The fourth-order valence-corrected chi connectivity index (χ4v) is 1.71. The Morgan fingerprint density at radius 3 is 2.68 bits per heavy atom. The number of hydrogen-bond donors (Lipinski definition) is 1. The molecule has 0 spiro atoms. The van der Waals surface area contributed by atoms with Crippen LogP contribution >= 0.6 is 0 Å². The summed E-state index contributed by atoms with van der Waals surface area (Å²) < 4.78 is 11.2. The summed E-state index contributed by atoms with van der Waals surface area (Å²) in [6.45, 7) is 4.89. The van der Waals surface area contributed by atoms with Crippen molar-refractivity contribution in [1.29, 1.82) is 0 Å². The number of hydrogen-bond acceptors (Lipinski definition) is 4. The first kappa shape index (κ1) is 13.4. The molecule has 2 N–H and O–H groups in total. The molecule has 100 valence electrons. The van der Waals surface area contributed by atoms with Gasteiger partial charge in [0.2, 0.25) is 5.88 Å². The number of aryl methyl sites for hydroxylation is 1. The molecule has 2 aromatic rings. The van der Waals surface area contributed by atoms with Gasteiger partial charge in [0.25, 0.3) is 0 Å². The minimum absolute atomic E-state index is 0.397. The van der Waals surface area contributed by atoms with Crippen LogP contribution in [-0.4, -0.2) is 11.6 Å². The zero-order valence-corrected chi connectivity index (χ0v) is 11.2. The lowest BCUT2D eigenvalue weighted by Gasteiger charge is -2.10. The number of rotatable bonds is 5. The van der Waals surface area contributed by atoms with Crippen LogP contribution in [-0.2, 0) is 6.54 Å². The van der Waals surface area contributed by atoms with E-state index in [1.165, 1.54) is 0 Å². The molecular weight excluding hydrogens is 240 g/mol. The molecule has 4 nitrogen and oxygen atoms in total. The second-order valence-corrected chi connectivity index (χ2v) is 4.13. The standard InChI is InChI=1S/C15H18N2O2/c1-3-18-13-5-4-6-14(9-13)19-15-12(10-16)8-7-11(2)17-15/h4-9H,3,10,16H2,1-2H3. The maximum absolute atomic E-state index is 5.80. The normalized spacial score (nSPS) is 10.3. The molecular formula is C15H18N2O2. The molecule has 4 heteroatoms. The molecule has 0 aliphatic carbocycles. The average molecular weight is 258 g/mol. The predicted molar refractivity (Wildman–Crippen MR) is 74.6 cm³/mol. The Labute approximate surface area is 113 Å². The summed E-state index contributed by atoms with van der Waals surface area (Å²) in [5.41, 5.74) is 7.47. The van der Waals surface area contributed by atoms with E-state index in [9.17, 15) is 0 Å². The molecule has 0 unspecified atom stereocenters. The summed E-state index contributed by atoms with van der Waals surface area (Å²) in [5, 5.41) is 0. The molecule has 1 aromatic carbocycles. The molecule has 0 saturated carbocycles. The molecule has 2 rings (SSSR count). The minimum atomic E-state index is 0.397. The van der Waals surface area contributed by atoms with Crippen molar-refractivity contribution >= 4 is 0 Å². The van der Waals surface area contributed by atoms with Crippen molar-refractivity contribution in [2.24, 2.45) is 5.73 Å². The van der Waals surface area contributed by atoms with E-state index >= 15 is 0 Å². The monoisotopic (exact) mass is 258 g/mol. The summed E-state index contributed by atoms with van der Waals surface area (Å²) in [7, 11) is 0. The third-order valence-corrected chi connectivity index (χ3v) is 2.63. The topological polar surface area (TPSA) is 57.4 Å². The van der Waals surface area contributed by atoms with E-state index < -0.39 is 0 Å². The van der Waals surface area contributed by atoms with Crippen LogP contribution in [0.2, 0.25) is 0 Å². The van der Waals surface area contributed by atoms with E-state index in [4.69, 9.17) is 15.2 Å². The molecule has 0 bridgehead atoms. The Hall–Kier alpha value is -2.07. The van der Waals surface area contributed by atoms with Gasteiger partial charge in [0, 0.05) is 23.9 Å². The lowest BCUT2D eigenvalue weighted by molar-refractivity contribution is 0.338. The van der Waals surface area contributed by atoms with Gasteiger partial charge in [-0.25, -0.2) is 4.98 Å². The third-order valence-electron chi connectivity index (χ3n) is 2.63. The van der Waals surface area contributed by atoms with Gasteiger partial charge in [0.15, 0.2) is 0 Å². The quantitative estimate of drug-likeness (QED) is 0.895. The highest BCUT2D eigenvalue weighted by molar-refractivity contribution is 5.37. The fourth-order valence-electron chi connectivity index (χ4n) is 1.71. The van der Waals surface area contributed by atoms with Crippen molar-refractivity contribution in [1.82, 2.24) is 4.98 Å². The molecule has 0 amide bonds. The number of benzene rings is 1. The molecule has 0 atom stereocenters. The smallest absolute Gasteiger partial charge is 0.223 e. The Morgan fingerprint density at radius 1 is 1.16 bits per heavy atom. The largest absolute Gasteiger partial charge is 0.494 e. The Morgan fingerprint density at radius 2 is 1.95 bits per heavy atom. The molecule has 19 heavy (non-hydrogen) atoms. The van der Waals surface area contributed by atoms with Crippen LogP contribution in [0.25, 0.3) is 0 Å². The summed E-state index contributed by atoms with van der Waals surface area (Å²) >= 11 is 0. The first-order chi connectivity index (χ1) is 9.22. The highest BCUT2D eigenvalue weighted by Gasteiger charge is 2.06. The van der Waals surface area contributed by atoms with Crippen LogP contribution in [0.3, 0.4) is 0 Å². The van der Waals surface area contributed by atoms with Gasteiger partial charge in [-0.3, -0.25) is 0 Å². The maximum atomic E-state index is 5.80. The molecule has 0 saturated heterocycles. The number of nitrogens with two attached hydrogens (primary N) is 1. The van der Waals surface area contributed by atoms with Crippen molar-refractivity contribution in [3.05, 3.63) is 47.7 Å². The van der Waals surface area contributed by atoms with Gasteiger partial charge in [-0.15, -0.1) is 0 Å². The van der Waals surface area contributed by atoms with Gasteiger partial charge < -0.3 is 15.2 Å². The first-order valence-corrected chi connectivity index (χ1v) is 6.30. The van der Waals surface area contributed by atoms with Gasteiger partial charge in [-0.05, 0) is 32.0 Å². The average Bonchev–Trinajstić information content (AvgIpc) is 2.40. The van der Waals surface area contributed by atoms with Crippen LogP contribution in [0.1, 0.15) is 18.2 Å². The zero-order valence-electron chi connectivity index (χ0n) is 11.2. The van der Waals surface area contributed by atoms with Crippen LogP contribution in [0, 0.1) is 6.92 Å². The molecule has 0 radical (unpaired) electrons. The Kier molecular flexibility index (Phi) is 4.36. The second kappa shape index (κ2) is 6.20. The Balaban J connectivity index is 2.25. The van der Waals surface area contributed by atoms with E-state index in [1.807, 2.05) is 50.2 Å². The molecule has 1 aromatic heterocycles. The van der Waals surface area contributed by atoms with Crippen molar-refractivity contribution in [3.8, 4) is 17.4 Å². The van der Waals surface area contributed by atoms with Gasteiger partial charge in [-0.2, -0.15) is 0 Å². The van der Waals surface area contributed by atoms with Gasteiger partial charge in [-0.1, -0.05) is 12.1 Å². The van der Waals surface area contributed by atoms with Gasteiger partial charge in [0.1, 0.15) is 11.5 Å². The maximum Gasteiger partial charge on any atom is 0.223 e. The number of pyridine rings is 1. The molecule has 0 aliphatic heterocycles. The summed E-state index contributed by atoms with van der Waals surface area (Å²) in [6, 6.07) is 11.3. The summed E-state index contributed by atoms with van der Waals surface area (Å²) in [4.78, 5) is 4.37. The van der Waals surface area contributed by atoms with Crippen molar-refractivity contribution in [2.45, 2.75) is 20.4 Å². The lowest BCUT2D eigenvalue weighted by Crippen LogP contribution is -2.02. The van der Waals surface area contributed by atoms with Crippen LogP contribution in [0.15, 0.2) is 36.4 Å². The van der Waals surface area contributed by atoms with E-state index in [-0.39, 0.29) is 0 Å². The third kappa shape index (κ3) is 3.45. The van der Waals surface area contributed by atoms with Crippen LogP contribution in [0.4, 0.5) is 0 Å². The predicted octanol–water partition coefficient (Wildman–Crippen LogP) is 3.04. The van der Waals surface area contributed by atoms with Crippen molar-refractivity contribution < 1.29 is 9.47 Å².